The maximum Gasteiger partial charge on any atom is 0.128 e. The fraction of sp³-hybridized carbons (Fsp3) is 0.333. The highest BCUT2D eigenvalue weighted by Crippen LogP contribution is 2.17. The number of benzene rings is 1. The summed E-state index contributed by atoms with van der Waals surface area (Å²) in [4.78, 5) is 0. The Labute approximate surface area is 84.6 Å². The minimum absolute atomic E-state index is 0.169. The molecule has 0 aliphatic rings. The Bertz CT molecular complexity index is 331. The standard InChI is InChI=1S/C12H16FN/c1-4-9(2)8-14-12-7-5-6-11(13)10(12)3/h5-7,14H,2,4,8H2,1,3H3. The van der Waals surface area contributed by atoms with Crippen molar-refractivity contribution in [2.24, 2.45) is 0 Å². The first kappa shape index (κ1) is 10.8. The fourth-order valence-corrected chi connectivity index (χ4v) is 1.14. The zero-order valence-electron chi connectivity index (χ0n) is 8.73. The van der Waals surface area contributed by atoms with Gasteiger partial charge in [-0.05, 0) is 25.5 Å². The van der Waals surface area contributed by atoms with E-state index in [1.54, 1.807) is 13.0 Å². The fourth-order valence-electron chi connectivity index (χ4n) is 1.14. The number of halogens is 1. The maximum atomic E-state index is 13.1. The SMILES string of the molecule is C=C(CC)CNc1cccc(F)c1C. The summed E-state index contributed by atoms with van der Waals surface area (Å²) >= 11 is 0. The molecular weight excluding hydrogens is 177 g/mol. The smallest absolute Gasteiger partial charge is 0.128 e. The van der Waals surface area contributed by atoms with Gasteiger partial charge in [-0.3, -0.25) is 0 Å². The minimum Gasteiger partial charge on any atom is -0.381 e. The Morgan fingerprint density at radius 2 is 2.21 bits per heavy atom. The van der Waals surface area contributed by atoms with Crippen molar-refractivity contribution in [3.8, 4) is 0 Å². The molecule has 0 heterocycles. The van der Waals surface area contributed by atoms with E-state index in [9.17, 15) is 4.39 Å². The predicted molar refractivity (Wildman–Crippen MR) is 59.1 cm³/mol. The Morgan fingerprint density at radius 1 is 1.50 bits per heavy atom. The van der Waals surface area contributed by atoms with Crippen molar-refractivity contribution in [1.29, 1.82) is 0 Å². The maximum absolute atomic E-state index is 13.1. The monoisotopic (exact) mass is 193 g/mol. The summed E-state index contributed by atoms with van der Waals surface area (Å²) in [5.41, 5.74) is 2.63. The Balaban J connectivity index is 2.68. The lowest BCUT2D eigenvalue weighted by molar-refractivity contribution is 0.619. The highest BCUT2D eigenvalue weighted by Gasteiger charge is 2.02. The molecule has 0 unspecified atom stereocenters. The van der Waals surface area contributed by atoms with Crippen LogP contribution in [0.3, 0.4) is 0 Å². The van der Waals surface area contributed by atoms with E-state index in [0.29, 0.717) is 12.1 Å². The molecule has 2 heteroatoms. The topological polar surface area (TPSA) is 12.0 Å². The van der Waals surface area contributed by atoms with Crippen LogP contribution in [0.25, 0.3) is 0 Å². The number of hydrogen-bond donors (Lipinski definition) is 1. The Hall–Kier alpha value is -1.31. The molecule has 0 bridgehead atoms. The normalized spacial score (nSPS) is 9.93. The van der Waals surface area contributed by atoms with Crippen molar-refractivity contribution in [1.82, 2.24) is 0 Å². The molecular formula is C12H16FN. The molecule has 0 aromatic heterocycles. The van der Waals surface area contributed by atoms with E-state index in [-0.39, 0.29) is 5.82 Å². The summed E-state index contributed by atoms with van der Waals surface area (Å²) in [6.45, 7) is 8.42. The van der Waals surface area contributed by atoms with Crippen LogP contribution >= 0.6 is 0 Å². The van der Waals surface area contributed by atoms with Gasteiger partial charge in [-0.2, -0.15) is 0 Å². The summed E-state index contributed by atoms with van der Waals surface area (Å²) in [5.74, 6) is -0.169. The molecule has 0 saturated carbocycles. The largest absolute Gasteiger partial charge is 0.381 e. The van der Waals surface area contributed by atoms with E-state index in [1.165, 1.54) is 6.07 Å². The highest BCUT2D eigenvalue weighted by atomic mass is 19.1. The lowest BCUT2D eigenvalue weighted by atomic mass is 10.1. The average molecular weight is 193 g/mol. The van der Waals surface area contributed by atoms with E-state index in [1.807, 2.05) is 6.07 Å². The Kier molecular flexibility index (Phi) is 3.69. The second kappa shape index (κ2) is 4.80. The van der Waals surface area contributed by atoms with Gasteiger partial charge < -0.3 is 5.32 Å². The van der Waals surface area contributed by atoms with Crippen LogP contribution in [0, 0.1) is 12.7 Å². The van der Waals surface area contributed by atoms with E-state index in [4.69, 9.17) is 0 Å². The predicted octanol–water partition coefficient (Wildman–Crippen LogP) is 3.51. The van der Waals surface area contributed by atoms with Crippen molar-refractivity contribution >= 4 is 5.69 Å². The summed E-state index contributed by atoms with van der Waals surface area (Å²) in [5, 5.41) is 3.16. The molecule has 0 amide bonds. The van der Waals surface area contributed by atoms with E-state index < -0.39 is 0 Å². The van der Waals surface area contributed by atoms with E-state index >= 15 is 0 Å². The molecule has 1 aromatic carbocycles. The molecule has 1 rings (SSSR count). The van der Waals surface area contributed by atoms with Crippen LogP contribution in [0.1, 0.15) is 18.9 Å². The molecule has 1 nitrogen and oxygen atoms in total. The van der Waals surface area contributed by atoms with Gasteiger partial charge in [0.05, 0.1) is 0 Å². The minimum atomic E-state index is -0.169. The van der Waals surface area contributed by atoms with E-state index in [0.717, 1.165) is 17.7 Å². The third-order valence-electron chi connectivity index (χ3n) is 2.30. The lowest BCUT2D eigenvalue weighted by Crippen LogP contribution is -2.05. The molecule has 0 spiro atoms. The second-order valence-corrected chi connectivity index (χ2v) is 3.37. The van der Waals surface area contributed by atoms with Crippen molar-refractivity contribution in [2.45, 2.75) is 20.3 Å². The van der Waals surface area contributed by atoms with Crippen LogP contribution < -0.4 is 5.32 Å². The first-order valence-corrected chi connectivity index (χ1v) is 4.80. The van der Waals surface area contributed by atoms with Gasteiger partial charge >= 0.3 is 0 Å². The van der Waals surface area contributed by atoms with E-state index in [2.05, 4.69) is 18.8 Å². The van der Waals surface area contributed by atoms with Crippen LogP contribution in [0.5, 0.6) is 0 Å². The van der Waals surface area contributed by atoms with Crippen LogP contribution in [0.2, 0.25) is 0 Å². The van der Waals surface area contributed by atoms with Crippen molar-refractivity contribution < 1.29 is 4.39 Å². The molecule has 0 atom stereocenters. The zero-order valence-corrected chi connectivity index (χ0v) is 8.73. The van der Waals surface area contributed by atoms with Crippen molar-refractivity contribution in [3.05, 3.63) is 41.7 Å². The molecule has 14 heavy (non-hydrogen) atoms. The number of nitrogens with one attached hydrogen (secondary N) is 1. The lowest BCUT2D eigenvalue weighted by Gasteiger charge is -2.10. The molecule has 0 aliphatic heterocycles. The van der Waals surface area contributed by atoms with Gasteiger partial charge in [0.25, 0.3) is 0 Å². The van der Waals surface area contributed by atoms with Gasteiger partial charge in [-0.1, -0.05) is 25.1 Å². The molecule has 0 saturated heterocycles. The third kappa shape index (κ3) is 2.59. The van der Waals surface area contributed by atoms with Gasteiger partial charge in [-0.25, -0.2) is 4.39 Å². The number of hydrogen-bond acceptors (Lipinski definition) is 1. The van der Waals surface area contributed by atoms with Gasteiger partial charge in [-0.15, -0.1) is 0 Å². The Morgan fingerprint density at radius 3 is 2.86 bits per heavy atom. The molecule has 0 aliphatic carbocycles. The second-order valence-electron chi connectivity index (χ2n) is 3.37. The highest BCUT2D eigenvalue weighted by molar-refractivity contribution is 5.51. The number of rotatable bonds is 4. The summed E-state index contributed by atoms with van der Waals surface area (Å²) in [7, 11) is 0. The van der Waals surface area contributed by atoms with Gasteiger partial charge in [0, 0.05) is 17.8 Å². The quantitative estimate of drug-likeness (QED) is 0.721. The summed E-state index contributed by atoms with van der Waals surface area (Å²) < 4.78 is 13.1. The molecule has 76 valence electrons. The summed E-state index contributed by atoms with van der Waals surface area (Å²) in [6.07, 6.45) is 0.946. The third-order valence-corrected chi connectivity index (χ3v) is 2.30. The first-order valence-electron chi connectivity index (χ1n) is 4.80. The molecule has 0 fully saturated rings. The number of anilines is 1. The van der Waals surface area contributed by atoms with Crippen LogP contribution in [0.4, 0.5) is 10.1 Å². The van der Waals surface area contributed by atoms with Gasteiger partial charge in [0.1, 0.15) is 5.82 Å². The van der Waals surface area contributed by atoms with Gasteiger partial charge in [0.2, 0.25) is 0 Å². The molecule has 1 N–H and O–H groups in total. The van der Waals surface area contributed by atoms with Gasteiger partial charge in [0.15, 0.2) is 0 Å². The molecule has 0 radical (unpaired) electrons. The molecule has 1 aromatic rings. The first-order chi connectivity index (χ1) is 6.65. The van der Waals surface area contributed by atoms with Crippen LogP contribution in [-0.2, 0) is 0 Å². The van der Waals surface area contributed by atoms with Crippen LogP contribution in [-0.4, -0.2) is 6.54 Å². The van der Waals surface area contributed by atoms with Crippen molar-refractivity contribution in [2.75, 3.05) is 11.9 Å². The average Bonchev–Trinajstić information content (AvgIpc) is 2.20. The summed E-state index contributed by atoms with van der Waals surface area (Å²) in [6, 6.07) is 5.05. The zero-order chi connectivity index (χ0) is 10.6. The van der Waals surface area contributed by atoms with Crippen LogP contribution in [0.15, 0.2) is 30.4 Å². The van der Waals surface area contributed by atoms with Crippen molar-refractivity contribution in [3.63, 3.8) is 0 Å².